The molecular formula is C27H24ClF8N5O5. The Morgan fingerprint density at radius 3 is 2.22 bits per heavy atom. The lowest BCUT2D eigenvalue weighted by atomic mass is 9.96. The zero-order valence-corrected chi connectivity index (χ0v) is 24.7. The van der Waals surface area contributed by atoms with Crippen LogP contribution in [0, 0.1) is 12.7 Å². The largest absolute Gasteiger partial charge is 0.426 e. The zero-order valence-electron chi connectivity index (χ0n) is 23.9. The number of rotatable bonds is 7. The molecule has 0 saturated carbocycles. The van der Waals surface area contributed by atoms with Crippen molar-refractivity contribution >= 4 is 34.7 Å². The van der Waals surface area contributed by atoms with E-state index in [-0.39, 0.29) is 29.4 Å². The minimum absolute atomic E-state index is 0.0379. The lowest BCUT2D eigenvalue weighted by Crippen LogP contribution is -2.56. The number of halogens is 9. The number of hydrogen-bond donors (Lipinski definition) is 3. The van der Waals surface area contributed by atoms with Crippen LogP contribution < -0.4 is 5.32 Å². The molecule has 1 aliphatic heterocycles. The standard InChI is InChI=1S/C27H24ClF8N5O5/c1-11-4-18(41-21(11)16(37-10-38-41)7-19(42)24(2,45)26(31,32)33)12-5-13(20(28)14(29)6-12)22(43)39-17-9-40(8-15(17)30)23(44)25(3,46)27(34,35)36/h4-6,10,15,17,45-46H,7-9H2,1-3H3,(H,39,43)/t15-,17+,24+,25+/m0/s1. The van der Waals surface area contributed by atoms with Crippen molar-refractivity contribution in [1.29, 1.82) is 0 Å². The zero-order chi connectivity index (χ0) is 34.7. The van der Waals surface area contributed by atoms with Gasteiger partial charge in [-0.2, -0.15) is 31.4 Å². The molecule has 19 heteroatoms. The Labute approximate surface area is 258 Å². The second kappa shape index (κ2) is 11.7. The Bertz CT molecular complexity index is 1720. The maximum atomic E-state index is 15.0. The summed E-state index contributed by atoms with van der Waals surface area (Å²) in [6.07, 6.45) is -12.8. The van der Waals surface area contributed by atoms with Gasteiger partial charge in [0.2, 0.25) is 11.2 Å². The number of aromatic nitrogens is 3. The number of ketones is 1. The molecule has 3 heterocycles. The fourth-order valence-corrected chi connectivity index (χ4v) is 4.96. The van der Waals surface area contributed by atoms with E-state index >= 15 is 0 Å². The molecule has 1 aromatic carbocycles. The van der Waals surface area contributed by atoms with Crippen LogP contribution in [0.5, 0.6) is 0 Å². The van der Waals surface area contributed by atoms with E-state index in [1.807, 2.05) is 0 Å². The number of alkyl halides is 7. The molecule has 0 radical (unpaired) electrons. The minimum Gasteiger partial charge on any atom is -0.374 e. The number of fused-ring (bicyclic) bond motifs is 1. The van der Waals surface area contributed by atoms with Gasteiger partial charge in [-0.05, 0) is 44.5 Å². The minimum atomic E-state index is -5.37. The third-order valence-electron chi connectivity index (χ3n) is 7.63. The molecule has 1 fully saturated rings. The predicted molar refractivity (Wildman–Crippen MR) is 143 cm³/mol. The Balaban J connectivity index is 1.64. The van der Waals surface area contributed by atoms with Gasteiger partial charge in [0.05, 0.1) is 46.5 Å². The van der Waals surface area contributed by atoms with E-state index in [1.54, 1.807) is 0 Å². The van der Waals surface area contributed by atoms with E-state index < -0.39 is 89.3 Å². The number of aryl methyl sites for hydroxylation is 1. The molecule has 3 N–H and O–H groups in total. The van der Waals surface area contributed by atoms with Gasteiger partial charge in [-0.3, -0.25) is 14.4 Å². The van der Waals surface area contributed by atoms with Crippen LogP contribution in [0.15, 0.2) is 24.5 Å². The van der Waals surface area contributed by atoms with E-state index in [1.165, 1.54) is 13.0 Å². The average Bonchev–Trinajstić information content (AvgIpc) is 3.47. The Hall–Kier alpha value is -3.90. The molecule has 1 saturated heterocycles. The molecule has 2 amide bonds. The molecule has 0 unspecified atom stereocenters. The van der Waals surface area contributed by atoms with Crippen LogP contribution in [0.3, 0.4) is 0 Å². The summed E-state index contributed by atoms with van der Waals surface area (Å²) in [5.41, 5.74) is -7.96. The number of likely N-dealkylation sites (tertiary alicyclic amines) is 1. The topological polar surface area (TPSA) is 137 Å². The average molecular weight is 686 g/mol. The summed E-state index contributed by atoms with van der Waals surface area (Å²) in [6.45, 7) is 0.317. The van der Waals surface area contributed by atoms with Crippen LogP contribution in [-0.2, 0) is 16.0 Å². The second-order valence-electron chi connectivity index (χ2n) is 11.0. The number of benzene rings is 1. The molecule has 2 aromatic heterocycles. The molecule has 0 spiro atoms. The van der Waals surface area contributed by atoms with Gasteiger partial charge in [0.25, 0.3) is 11.8 Å². The fourth-order valence-electron chi connectivity index (χ4n) is 4.76. The Morgan fingerprint density at radius 2 is 1.63 bits per heavy atom. The molecule has 46 heavy (non-hydrogen) atoms. The first-order valence-electron chi connectivity index (χ1n) is 13.2. The van der Waals surface area contributed by atoms with Crippen molar-refractivity contribution in [3.05, 3.63) is 52.2 Å². The first kappa shape index (κ1) is 35.0. The molecule has 4 atom stereocenters. The monoisotopic (exact) mass is 685 g/mol. The summed E-state index contributed by atoms with van der Waals surface area (Å²) in [5, 5.41) is 24.8. The molecule has 0 aliphatic carbocycles. The van der Waals surface area contributed by atoms with Crippen LogP contribution >= 0.6 is 11.6 Å². The van der Waals surface area contributed by atoms with Gasteiger partial charge in [0, 0.05) is 12.1 Å². The number of carbonyl (C=O) groups is 3. The number of Topliss-reactive ketones (excluding diaryl/α,β-unsaturated/α-hetero) is 1. The molecule has 1 aliphatic rings. The quantitative estimate of drug-likeness (QED) is 0.324. The van der Waals surface area contributed by atoms with Crippen LogP contribution in [0.2, 0.25) is 5.02 Å². The van der Waals surface area contributed by atoms with Crippen LogP contribution in [0.1, 0.15) is 35.5 Å². The van der Waals surface area contributed by atoms with E-state index in [0.29, 0.717) is 17.4 Å². The maximum absolute atomic E-state index is 15.0. The number of hydrogen-bond acceptors (Lipinski definition) is 7. The molecule has 4 rings (SSSR count). The van der Waals surface area contributed by atoms with Crippen molar-refractivity contribution in [3.63, 3.8) is 0 Å². The first-order chi connectivity index (χ1) is 21.0. The number of nitrogens with one attached hydrogen (secondary N) is 1. The Morgan fingerprint density at radius 1 is 1.02 bits per heavy atom. The molecule has 10 nitrogen and oxygen atoms in total. The third-order valence-corrected chi connectivity index (χ3v) is 8.02. The van der Waals surface area contributed by atoms with Crippen molar-refractivity contribution in [2.45, 2.75) is 63.0 Å². The highest BCUT2D eigenvalue weighted by atomic mass is 35.5. The summed E-state index contributed by atoms with van der Waals surface area (Å²) in [5.74, 6) is -5.78. The van der Waals surface area contributed by atoms with Crippen molar-refractivity contribution < 1.29 is 59.7 Å². The summed E-state index contributed by atoms with van der Waals surface area (Å²) in [6, 6.07) is 1.76. The van der Waals surface area contributed by atoms with E-state index in [2.05, 4.69) is 15.4 Å². The second-order valence-corrected chi connectivity index (χ2v) is 11.4. The number of aliphatic hydroxyl groups is 2. The maximum Gasteiger partial charge on any atom is 0.426 e. The summed E-state index contributed by atoms with van der Waals surface area (Å²) in [4.78, 5) is 42.0. The van der Waals surface area contributed by atoms with Gasteiger partial charge < -0.3 is 20.4 Å². The van der Waals surface area contributed by atoms with Crippen molar-refractivity contribution in [2.75, 3.05) is 13.1 Å². The van der Waals surface area contributed by atoms with Gasteiger partial charge in [0.1, 0.15) is 18.3 Å². The normalized spacial score (nSPS) is 20.0. The highest BCUT2D eigenvalue weighted by Crippen LogP contribution is 2.35. The van der Waals surface area contributed by atoms with E-state index in [4.69, 9.17) is 11.6 Å². The lowest BCUT2D eigenvalue weighted by molar-refractivity contribution is -0.249. The SMILES string of the molecule is Cc1cc(-c2cc(F)c(Cl)c(C(=O)N[C@@H]3CN(C(=O)[C@@](C)(O)C(F)(F)F)C[C@@H]3F)c2)n2ncnc(CC(=O)[C@@](C)(O)C(F)(F)F)c12. The Kier molecular flexibility index (Phi) is 8.91. The van der Waals surface area contributed by atoms with Crippen LogP contribution in [0.4, 0.5) is 35.1 Å². The smallest absolute Gasteiger partial charge is 0.374 e. The van der Waals surface area contributed by atoms with Gasteiger partial charge >= 0.3 is 12.4 Å². The van der Waals surface area contributed by atoms with Gasteiger partial charge in [-0.1, -0.05) is 11.6 Å². The highest BCUT2D eigenvalue weighted by Gasteiger charge is 2.58. The third kappa shape index (κ3) is 6.12. The highest BCUT2D eigenvalue weighted by molar-refractivity contribution is 6.34. The van der Waals surface area contributed by atoms with Gasteiger partial charge in [-0.15, -0.1) is 0 Å². The lowest BCUT2D eigenvalue weighted by Gasteiger charge is -2.29. The number of carbonyl (C=O) groups excluding carboxylic acids is 3. The van der Waals surface area contributed by atoms with Crippen molar-refractivity contribution in [3.8, 4) is 11.3 Å². The molecular weight excluding hydrogens is 662 g/mol. The van der Waals surface area contributed by atoms with E-state index in [0.717, 1.165) is 23.0 Å². The fraction of sp³-hybridized carbons (Fsp3) is 0.444. The summed E-state index contributed by atoms with van der Waals surface area (Å²) < 4.78 is 110. The first-order valence-corrected chi connectivity index (χ1v) is 13.5. The van der Waals surface area contributed by atoms with E-state index in [9.17, 15) is 59.7 Å². The van der Waals surface area contributed by atoms with Crippen LogP contribution in [-0.4, -0.2) is 96.2 Å². The number of amides is 2. The number of nitrogens with zero attached hydrogens (tertiary/aromatic N) is 4. The molecule has 250 valence electrons. The van der Waals surface area contributed by atoms with Crippen molar-refractivity contribution in [1.82, 2.24) is 24.8 Å². The van der Waals surface area contributed by atoms with Gasteiger partial charge in [-0.25, -0.2) is 18.3 Å². The van der Waals surface area contributed by atoms with Crippen LogP contribution in [0.25, 0.3) is 16.8 Å². The predicted octanol–water partition coefficient (Wildman–Crippen LogP) is 3.51. The summed E-state index contributed by atoms with van der Waals surface area (Å²) >= 11 is 6.01. The summed E-state index contributed by atoms with van der Waals surface area (Å²) in [7, 11) is 0. The molecule has 3 aromatic rings. The van der Waals surface area contributed by atoms with Gasteiger partial charge in [0.15, 0.2) is 5.78 Å². The molecule has 0 bridgehead atoms. The van der Waals surface area contributed by atoms with Crippen molar-refractivity contribution in [2.24, 2.45) is 0 Å².